The minimum absolute atomic E-state index is 0.591. The van der Waals surface area contributed by atoms with E-state index in [1.165, 1.54) is 25.7 Å². The first-order valence-electron chi connectivity index (χ1n) is 11.6. The monoisotopic (exact) mass is 403 g/mol. The molecule has 1 aliphatic heterocycles. The van der Waals surface area contributed by atoms with E-state index < -0.39 is 0 Å². The number of nitrogens with zero attached hydrogens (tertiary/aromatic N) is 1. The van der Waals surface area contributed by atoms with Crippen LogP contribution in [0.4, 0.5) is 0 Å². The molecule has 2 bridgehead atoms. The molecular weight excluding hydrogens is 366 g/mol. The van der Waals surface area contributed by atoms with Gasteiger partial charge in [0.25, 0.3) is 0 Å². The molecule has 2 saturated carbocycles. The van der Waals surface area contributed by atoms with Gasteiger partial charge in [0.1, 0.15) is 5.76 Å². The maximum Gasteiger partial charge on any atom is 0.191 e. The molecule has 3 atom stereocenters. The molecule has 162 valence electrons. The lowest BCUT2D eigenvalue weighted by Crippen LogP contribution is -2.46. The Balaban J connectivity index is 1.18. The Bertz CT molecular complexity index is 613. The third kappa shape index (κ3) is 6.48. The smallest absolute Gasteiger partial charge is 0.191 e. The van der Waals surface area contributed by atoms with E-state index in [1.807, 2.05) is 12.1 Å². The van der Waals surface area contributed by atoms with Crippen LogP contribution in [0.2, 0.25) is 0 Å². The number of nitrogens with one attached hydrogen (secondary N) is 2. The molecule has 29 heavy (non-hydrogen) atoms. The maximum atomic E-state index is 5.88. The number of furan rings is 1. The average Bonchev–Trinajstić information content (AvgIpc) is 3.50. The van der Waals surface area contributed by atoms with Crippen LogP contribution >= 0.6 is 0 Å². The zero-order chi connectivity index (χ0) is 19.7. The lowest BCUT2D eigenvalue weighted by Gasteiger charge is -2.25. The Morgan fingerprint density at radius 3 is 2.86 bits per heavy atom. The standard InChI is InChI=1S/C23H37N3O3/c1-3-21(29-12-1)6-10-25-23(26-22-16-19-4-5-20(22)15-19)24-9-2-11-28-17-18-7-13-27-14-8-18/h1,3,12,18-20,22H,2,4-11,13-17H2,(H2,24,25,26). The molecule has 3 aliphatic rings. The van der Waals surface area contributed by atoms with Gasteiger partial charge in [-0.2, -0.15) is 0 Å². The second-order valence-electron chi connectivity index (χ2n) is 8.90. The molecule has 2 aliphatic carbocycles. The lowest BCUT2D eigenvalue weighted by atomic mass is 9.95. The number of aliphatic imine (C=N–C) groups is 1. The zero-order valence-electron chi connectivity index (χ0n) is 17.6. The average molecular weight is 404 g/mol. The van der Waals surface area contributed by atoms with Gasteiger partial charge in [0.2, 0.25) is 0 Å². The van der Waals surface area contributed by atoms with E-state index >= 15 is 0 Å². The molecule has 2 N–H and O–H groups in total. The van der Waals surface area contributed by atoms with Crippen LogP contribution < -0.4 is 10.6 Å². The van der Waals surface area contributed by atoms with Gasteiger partial charge in [0.05, 0.1) is 6.26 Å². The Hall–Kier alpha value is -1.53. The number of ether oxygens (including phenoxy) is 2. The minimum Gasteiger partial charge on any atom is -0.469 e. The molecule has 6 nitrogen and oxygen atoms in total. The van der Waals surface area contributed by atoms with E-state index in [0.29, 0.717) is 12.0 Å². The van der Waals surface area contributed by atoms with Gasteiger partial charge >= 0.3 is 0 Å². The van der Waals surface area contributed by atoms with Crippen LogP contribution in [0, 0.1) is 17.8 Å². The van der Waals surface area contributed by atoms with Crippen molar-refractivity contribution in [2.45, 2.75) is 57.4 Å². The summed E-state index contributed by atoms with van der Waals surface area (Å²) in [7, 11) is 0. The van der Waals surface area contributed by atoms with Crippen molar-refractivity contribution < 1.29 is 13.9 Å². The summed E-state index contributed by atoms with van der Waals surface area (Å²) >= 11 is 0. The summed E-state index contributed by atoms with van der Waals surface area (Å²) in [6.07, 6.45) is 11.3. The molecule has 4 rings (SSSR count). The zero-order valence-corrected chi connectivity index (χ0v) is 17.6. The number of hydrogen-bond donors (Lipinski definition) is 2. The predicted octanol–water partition coefficient (Wildman–Crippen LogP) is 3.38. The number of rotatable bonds is 10. The molecule has 0 aromatic carbocycles. The van der Waals surface area contributed by atoms with Gasteiger partial charge < -0.3 is 24.5 Å². The normalized spacial score (nSPS) is 27.4. The summed E-state index contributed by atoms with van der Waals surface area (Å²) in [6, 6.07) is 4.56. The van der Waals surface area contributed by atoms with E-state index in [-0.39, 0.29) is 0 Å². The molecule has 2 heterocycles. The maximum absolute atomic E-state index is 5.88. The van der Waals surface area contributed by atoms with Crippen molar-refractivity contribution in [3.8, 4) is 0 Å². The fourth-order valence-electron chi connectivity index (χ4n) is 5.03. The van der Waals surface area contributed by atoms with Crippen LogP contribution in [0.25, 0.3) is 0 Å². The summed E-state index contributed by atoms with van der Waals surface area (Å²) in [5.74, 6) is 4.41. The fraction of sp³-hybridized carbons (Fsp3) is 0.783. The van der Waals surface area contributed by atoms with Crippen molar-refractivity contribution >= 4 is 5.96 Å². The highest BCUT2D eigenvalue weighted by atomic mass is 16.5. The third-order valence-corrected chi connectivity index (χ3v) is 6.72. The highest BCUT2D eigenvalue weighted by Crippen LogP contribution is 2.44. The summed E-state index contributed by atoms with van der Waals surface area (Å²) < 4.78 is 16.7. The van der Waals surface area contributed by atoms with Crippen molar-refractivity contribution in [1.82, 2.24) is 10.6 Å². The van der Waals surface area contributed by atoms with Gasteiger partial charge in [0, 0.05) is 52.0 Å². The van der Waals surface area contributed by atoms with Crippen LogP contribution in [-0.4, -0.2) is 51.5 Å². The Kier molecular flexibility index (Phi) is 7.88. The number of guanidine groups is 1. The first-order chi connectivity index (χ1) is 14.4. The molecule has 0 radical (unpaired) electrons. The molecule has 3 unspecified atom stereocenters. The van der Waals surface area contributed by atoms with Crippen LogP contribution in [0.3, 0.4) is 0 Å². The Morgan fingerprint density at radius 2 is 2.10 bits per heavy atom. The first-order valence-corrected chi connectivity index (χ1v) is 11.6. The Morgan fingerprint density at radius 1 is 1.17 bits per heavy atom. The quantitative estimate of drug-likeness (QED) is 0.356. The highest BCUT2D eigenvalue weighted by molar-refractivity contribution is 5.80. The molecule has 3 fully saturated rings. The SMILES string of the molecule is c1coc(CCNC(=NCCCOCC2CCOCC2)NC2CC3CCC2C3)c1. The van der Waals surface area contributed by atoms with Gasteiger partial charge in [-0.25, -0.2) is 0 Å². The first kappa shape index (κ1) is 20.7. The number of hydrogen-bond acceptors (Lipinski definition) is 4. The molecule has 1 saturated heterocycles. The summed E-state index contributed by atoms with van der Waals surface area (Å²) in [4.78, 5) is 4.84. The van der Waals surface area contributed by atoms with Crippen molar-refractivity contribution in [1.29, 1.82) is 0 Å². The van der Waals surface area contributed by atoms with Gasteiger partial charge in [-0.15, -0.1) is 0 Å². The summed E-state index contributed by atoms with van der Waals surface area (Å²) in [5.41, 5.74) is 0. The second kappa shape index (κ2) is 11.0. The van der Waals surface area contributed by atoms with E-state index in [4.69, 9.17) is 18.9 Å². The molecule has 0 amide bonds. The number of fused-ring (bicyclic) bond motifs is 2. The molecule has 1 aromatic heterocycles. The fourth-order valence-corrected chi connectivity index (χ4v) is 5.03. The van der Waals surface area contributed by atoms with Gasteiger partial charge in [0.15, 0.2) is 5.96 Å². The van der Waals surface area contributed by atoms with Crippen LogP contribution in [0.15, 0.2) is 27.8 Å². The summed E-state index contributed by atoms with van der Waals surface area (Å²) in [5, 5.41) is 7.23. The second-order valence-corrected chi connectivity index (χ2v) is 8.90. The van der Waals surface area contributed by atoms with Gasteiger partial charge in [-0.05, 0) is 68.4 Å². The van der Waals surface area contributed by atoms with Crippen molar-refractivity contribution in [3.05, 3.63) is 24.2 Å². The van der Waals surface area contributed by atoms with E-state index in [0.717, 1.165) is 88.8 Å². The van der Waals surface area contributed by atoms with E-state index in [2.05, 4.69) is 10.6 Å². The summed E-state index contributed by atoms with van der Waals surface area (Å²) in [6.45, 7) is 5.06. The van der Waals surface area contributed by atoms with E-state index in [1.54, 1.807) is 6.26 Å². The molecule has 1 aromatic rings. The molecule has 0 spiro atoms. The highest BCUT2D eigenvalue weighted by Gasteiger charge is 2.39. The minimum atomic E-state index is 0.591. The molecule has 6 heteroatoms. The van der Waals surface area contributed by atoms with Gasteiger partial charge in [-0.1, -0.05) is 6.42 Å². The molecular formula is C23H37N3O3. The van der Waals surface area contributed by atoms with Crippen molar-refractivity contribution in [2.24, 2.45) is 22.7 Å². The van der Waals surface area contributed by atoms with E-state index in [9.17, 15) is 0 Å². The van der Waals surface area contributed by atoms with Gasteiger partial charge in [-0.3, -0.25) is 4.99 Å². The predicted molar refractivity (Wildman–Crippen MR) is 114 cm³/mol. The Labute approximate surface area is 174 Å². The van der Waals surface area contributed by atoms with Crippen LogP contribution in [-0.2, 0) is 15.9 Å². The van der Waals surface area contributed by atoms with Crippen molar-refractivity contribution in [3.63, 3.8) is 0 Å². The largest absolute Gasteiger partial charge is 0.469 e. The van der Waals surface area contributed by atoms with Crippen molar-refractivity contribution in [2.75, 3.05) is 39.5 Å². The lowest BCUT2D eigenvalue weighted by molar-refractivity contribution is 0.0205. The van der Waals surface area contributed by atoms with Crippen LogP contribution in [0.5, 0.6) is 0 Å². The topological polar surface area (TPSA) is 68.0 Å². The van der Waals surface area contributed by atoms with Crippen LogP contribution in [0.1, 0.15) is 50.7 Å². The third-order valence-electron chi connectivity index (χ3n) is 6.72.